The third-order valence-corrected chi connectivity index (χ3v) is 3.61. The molecule has 1 fully saturated rings. The van der Waals surface area contributed by atoms with Crippen molar-refractivity contribution in [3.63, 3.8) is 0 Å². The van der Waals surface area contributed by atoms with Gasteiger partial charge in [0.15, 0.2) is 0 Å². The zero-order valence-corrected chi connectivity index (χ0v) is 14.7. The maximum atomic E-state index is 9.52. The van der Waals surface area contributed by atoms with Gasteiger partial charge in [-0.15, -0.1) is 0 Å². The van der Waals surface area contributed by atoms with Crippen LogP contribution in [-0.4, -0.2) is 41.5 Å². The number of aliphatic hydroxyl groups excluding tert-OH is 2. The van der Waals surface area contributed by atoms with Crippen molar-refractivity contribution in [1.29, 1.82) is 0 Å². The number of β-amino-alcohol motifs (C(OH)–C–C–N with tert-alkyl or cyclic N) is 1. The van der Waals surface area contributed by atoms with Gasteiger partial charge < -0.3 is 5.11 Å². The Balaban J connectivity index is 0.000000388. The summed E-state index contributed by atoms with van der Waals surface area (Å²) >= 11 is 0. The molecule has 0 radical (unpaired) electrons. The number of hydrogen-bond donors (Lipinski definition) is 2. The van der Waals surface area contributed by atoms with Crippen molar-refractivity contribution >= 4 is 7.15 Å². The van der Waals surface area contributed by atoms with Crippen LogP contribution in [0.2, 0.25) is 0 Å². The van der Waals surface area contributed by atoms with Crippen LogP contribution in [0.3, 0.4) is 0 Å². The molecule has 0 amide bonds. The third-order valence-electron chi connectivity index (χ3n) is 3.61. The first kappa shape index (κ1) is 20.6. The van der Waals surface area contributed by atoms with E-state index in [-0.39, 0.29) is 12.1 Å². The summed E-state index contributed by atoms with van der Waals surface area (Å²) in [7, 11) is 0.319. The van der Waals surface area contributed by atoms with Gasteiger partial charge in [0.05, 0.1) is 12.1 Å². The minimum absolute atomic E-state index is 0.167. The second kappa shape index (κ2) is 12.0. The zero-order chi connectivity index (χ0) is 18.5. The van der Waals surface area contributed by atoms with Gasteiger partial charge in [-0.1, -0.05) is 74.5 Å². The summed E-state index contributed by atoms with van der Waals surface area (Å²) in [6.45, 7) is 5.52. The zero-order valence-electron chi connectivity index (χ0n) is 14.7. The summed E-state index contributed by atoms with van der Waals surface area (Å²) in [6, 6.07) is 21.2. The largest absolute Gasteiger partial charge is 0.390 e. The smallest absolute Gasteiger partial charge is 0.0794 e. The van der Waals surface area contributed by atoms with Crippen LogP contribution in [0.4, 0.5) is 0 Å². The Hall–Kier alpha value is -2.42. The van der Waals surface area contributed by atoms with E-state index in [1.165, 1.54) is 17.2 Å². The second-order valence-corrected chi connectivity index (χ2v) is 5.21. The van der Waals surface area contributed by atoms with Crippen molar-refractivity contribution in [2.45, 2.75) is 26.0 Å². The van der Waals surface area contributed by atoms with E-state index in [4.69, 9.17) is 9.81 Å². The van der Waals surface area contributed by atoms with E-state index in [1.54, 1.807) is 5.82 Å². The molecule has 0 spiro atoms. The SMILES string of the molecule is CC.O=BC#CO.OC1CN(C(c2ccccc2)c2ccccc2)C1. The summed E-state index contributed by atoms with van der Waals surface area (Å²) in [4.78, 5) is 2.31. The van der Waals surface area contributed by atoms with Crippen LogP contribution in [0.15, 0.2) is 60.7 Å². The first-order valence-corrected chi connectivity index (χ1v) is 8.36. The molecule has 0 saturated carbocycles. The summed E-state index contributed by atoms with van der Waals surface area (Å²) in [5.74, 6) is 1.74. The van der Waals surface area contributed by atoms with Crippen LogP contribution in [0, 0.1) is 11.9 Å². The molecule has 2 N–H and O–H groups in total. The minimum Gasteiger partial charge on any atom is -0.390 e. The monoisotopic (exact) mass is 337 g/mol. The topological polar surface area (TPSA) is 60.8 Å². The Morgan fingerprint density at radius 3 is 1.72 bits per heavy atom. The third kappa shape index (κ3) is 6.54. The fraction of sp³-hybridized carbons (Fsp3) is 0.300. The fourth-order valence-corrected chi connectivity index (χ4v) is 2.61. The van der Waals surface area contributed by atoms with Gasteiger partial charge in [-0.3, -0.25) is 4.90 Å². The maximum absolute atomic E-state index is 9.52. The van der Waals surface area contributed by atoms with Gasteiger partial charge in [0.25, 0.3) is 0 Å². The summed E-state index contributed by atoms with van der Waals surface area (Å²) in [6.07, 6.45) is 1.23. The van der Waals surface area contributed by atoms with Crippen molar-refractivity contribution in [3.8, 4) is 11.9 Å². The maximum Gasteiger partial charge on any atom is 0.0794 e. The fourth-order valence-electron chi connectivity index (χ4n) is 2.61. The van der Waals surface area contributed by atoms with Crippen LogP contribution < -0.4 is 0 Å². The van der Waals surface area contributed by atoms with Crippen LogP contribution in [-0.2, 0) is 4.70 Å². The van der Waals surface area contributed by atoms with Crippen molar-refractivity contribution in [2.24, 2.45) is 0 Å². The Morgan fingerprint density at radius 1 is 1.00 bits per heavy atom. The standard InChI is InChI=1S/C16H17NO.C2HBO2.C2H6/c18-15-11-17(12-15)16(13-7-3-1-4-8-13)14-9-5-2-6-10-14;4-2-1-3-5;1-2/h1-10,15-16,18H,11-12H2;4H;1-2H3. The molecule has 1 heterocycles. The van der Waals surface area contributed by atoms with Gasteiger partial charge in [0, 0.05) is 13.1 Å². The molecule has 2 aromatic rings. The van der Waals surface area contributed by atoms with Crippen LogP contribution in [0.25, 0.3) is 0 Å². The number of aliphatic hydroxyl groups is 2. The van der Waals surface area contributed by atoms with E-state index in [2.05, 4.69) is 53.4 Å². The summed E-state index contributed by atoms with van der Waals surface area (Å²) in [5, 5.41) is 17.0. The van der Waals surface area contributed by atoms with Gasteiger partial charge in [0.1, 0.15) is 0 Å². The van der Waals surface area contributed by atoms with Crippen LogP contribution >= 0.6 is 0 Å². The van der Waals surface area contributed by atoms with Gasteiger partial charge >= 0.3 is 28.9 Å². The van der Waals surface area contributed by atoms with E-state index in [1.807, 2.05) is 26.0 Å². The van der Waals surface area contributed by atoms with Gasteiger partial charge in [-0.25, -0.2) is 0 Å². The molecular weight excluding hydrogens is 313 g/mol. The molecular formula is C20H24BNO3. The molecule has 1 aliphatic heterocycles. The van der Waals surface area contributed by atoms with Gasteiger partial charge in [0.2, 0.25) is 0 Å². The molecule has 4 nitrogen and oxygen atoms in total. The molecule has 2 aromatic carbocycles. The Labute approximate surface area is 150 Å². The first-order valence-electron chi connectivity index (χ1n) is 8.36. The van der Waals surface area contributed by atoms with Crippen molar-refractivity contribution in [3.05, 3.63) is 71.8 Å². The van der Waals surface area contributed by atoms with E-state index >= 15 is 0 Å². The second-order valence-electron chi connectivity index (χ2n) is 5.21. The molecule has 1 saturated heterocycles. The van der Waals surface area contributed by atoms with E-state index in [0.717, 1.165) is 13.1 Å². The van der Waals surface area contributed by atoms with Crippen molar-refractivity contribution < 1.29 is 14.9 Å². The average Bonchev–Trinajstić information content (AvgIpc) is 2.65. The van der Waals surface area contributed by atoms with E-state index < -0.39 is 0 Å². The molecule has 130 valence electrons. The number of hydrogen-bond acceptors (Lipinski definition) is 4. The van der Waals surface area contributed by atoms with Crippen LogP contribution in [0.1, 0.15) is 31.0 Å². The van der Waals surface area contributed by atoms with Gasteiger partial charge in [-0.05, 0) is 11.1 Å². The normalized spacial score (nSPS) is 13.0. The molecule has 1 aliphatic rings. The van der Waals surface area contributed by atoms with Crippen LogP contribution in [0.5, 0.6) is 0 Å². The Morgan fingerprint density at radius 2 is 1.44 bits per heavy atom. The number of nitrogens with zero attached hydrogens (tertiary/aromatic N) is 1. The molecule has 0 bridgehead atoms. The molecule has 3 rings (SSSR count). The van der Waals surface area contributed by atoms with E-state index in [0.29, 0.717) is 7.15 Å². The molecule has 0 aromatic heterocycles. The predicted octanol–water partition coefficient (Wildman–Crippen LogP) is 2.81. The molecule has 5 heteroatoms. The molecule has 25 heavy (non-hydrogen) atoms. The van der Waals surface area contributed by atoms with Gasteiger partial charge in [-0.2, -0.15) is 0 Å². The first-order chi connectivity index (χ1) is 12.3. The molecule has 0 aliphatic carbocycles. The number of likely N-dealkylation sites (tertiary alicyclic amines) is 1. The Kier molecular flexibility index (Phi) is 9.92. The average molecular weight is 337 g/mol. The Bertz CT molecular complexity index is 622. The quantitative estimate of drug-likeness (QED) is 0.668. The summed E-state index contributed by atoms with van der Waals surface area (Å²) < 4.78 is 9.07. The molecule has 0 atom stereocenters. The predicted molar refractivity (Wildman–Crippen MR) is 99.8 cm³/mol. The molecule has 0 unspecified atom stereocenters. The minimum atomic E-state index is -0.167. The van der Waals surface area contributed by atoms with E-state index in [9.17, 15) is 5.11 Å². The summed E-state index contributed by atoms with van der Waals surface area (Å²) in [5.41, 5.74) is 2.58. The van der Waals surface area contributed by atoms with Crippen molar-refractivity contribution in [1.82, 2.24) is 4.90 Å². The van der Waals surface area contributed by atoms with Crippen molar-refractivity contribution in [2.75, 3.05) is 13.1 Å². The number of benzene rings is 2. The number of rotatable bonds is 3.